The summed E-state index contributed by atoms with van der Waals surface area (Å²) in [5.41, 5.74) is 1.41. The van der Waals surface area contributed by atoms with E-state index in [0.717, 1.165) is 24.3 Å². The molecule has 1 aromatic rings. The predicted molar refractivity (Wildman–Crippen MR) is 88.1 cm³/mol. The van der Waals surface area contributed by atoms with Gasteiger partial charge in [0.15, 0.2) is 0 Å². The summed E-state index contributed by atoms with van der Waals surface area (Å²) in [4.78, 5) is 1.45. The van der Waals surface area contributed by atoms with E-state index in [1.165, 1.54) is 41.9 Å². The van der Waals surface area contributed by atoms with E-state index in [0.29, 0.717) is 6.04 Å². The zero-order chi connectivity index (χ0) is 13.9. The van der Waals surface area contributed by atoms with Crippen molar-refractivity contribution in [3.8, 4) is 0 Å². The van der Waals surface area contributed by atoms with Crippen LogP contribution in [0.4, 0.5) is 0 Å². The minimum atomic E-state index is 0.556. The van der Waals surface area contributed by atoms with Gasteiger partial charge in [-0.25, -0.2) is 0 Å². The first-order chi connectivity index (χ1) is 9.70. The minimum Gasteiger partial charge on any atom is -0.310 e. The van der Waals surface area contributed by atoms with Crippen molar-refractivity contribution >= 4 is 11.8 Å². The summed E-state index contributed by atoms with van der Waals surface area (Å²) in [5, 5.41) is 3.50. The third kappa shape index (κ3) is 3.59. The lowest BCUT2D eigenvalue weighted by molar-refractivity contribution is 0.365. The van der Waals surface area contributed by atoms with Crippen LogP contribution in [0.25, 0.3) is 0 Å². The Hall–Kier alpha value is -0.470. The second kappa shape index (κ2) is 6.53. The molecule has 0 saturated heterocycles. The Balaban J connectivity index is 1.51. The molecule has 3 unspecified atom stereocenters. The Kier molecular flexibility index (Phi) is 4.72. The highest BCUT2D eigenvalue weighted by Crippen LogP contribution is 2.49. The summed E-state index contributed by atoms with van der Waals surface area (Å²) >= 11 is 2.08. The van der Waals surface area contributed by atoms with Crippen molar-refractivity contribution in [1.82, 2.24) is 5.32 Å². The van der Waals surface area contributed by atoms with E-state index in [1.807, 2.05) is 0 Å². The SMILES string of the molecule is CC(C)NCc1cccc(SCC2CC3CCC2C3)c1. The molecule has 0 heterocycles. The van der Waals surface area contributed by atoms with Crippen molar-refractivity contribution < 1.29 is 0 Å². The van der Waals surface area contributed by atoms with Crippen molar-refractivity contribution in [2.45, 2.75) is 57.0 Å². The molecule has 2 heteroatoms. The first-order valence-electron chi connectivity index (χ1n) is 8.16. The molecule has 20 heavy (non-hydrogen) atoms. The topological polar surface area (TPSA) is 12.0 Å². The Morgan fingerprint density at radius 3 is 2.85 bits per heavy atom. The van der Waals surface area contributed by atoms with E-state index >= 15 is 0 Å². The van der Waals surface area contributed by atoms with E-state index in [2.05, 4.69) is 55.2 Å². The molecule has 1 nitrogen and oxygen atoms in total. The number of hydrogen-bond acceptors (Lipinski definition) is 2. The van der Waals surface area contributed by atoms with Crippen molar-refractivity contribution in [3.63, 3.8) is 0 Å². The van der Waals surface area contributed by atoms with Gasteiger partial charge in [-0.2, -0.15) is 0 Å². The molecule has 0 aromatic heterocycles. The molecule has 0 amide bonds. The standard InChI is InChI=1S/C18H27NS/c1-13(2)19-11-15-4-3-5-18(10-15)20-12-17-9-14-6-7-16(17)8-14/h3-5,10,13-14,16-17,19H,6-9,11-12H2,1-2H3. The summed E-state index contributed by atoms with van der Waals surface area (Å²) < 4.78 is 0. The fourth-order valence-corrected chi connectivity index (χ4v) is 5.08. The van der Waals surface area contributed by atoms with Gasteiger partial charge >= 0.3 is 0 Å². The summed E-state index contributed by atoms with van der Waals surface area (Å²) in [6.45, 7) is 5.39. The van der Waals surface area contributed by atoms with Gasteiger partial charge in [-0.1, -0.05) is 32.4 Å². The van der Waals surface area contributed by atoms with E-state index in [9.17, 15) is 0 Å². The van der Waals surface area contributed by atoms with E-state index in [1.54, 1.807) is 0 Å². The third-order valence-corrected chi connectivity index (χ3v) is 6.14. The molecule has 3 atom stereocenters. The Morgan fingerprint density at radius 2 is 2.15 bits per heavy atom. The number of hydrogen-bond donors (Lipinski definition) is 1. The summed E-state index contributed by atoms with van der Waals surface area (Å²) in [6, 6.07) is 9.64. The molecule has 0 spiro atoms. The van der Waals surface area contributed by atoms with Gasteiger partial charge in [0.25, 0.3) is 0 Å². The summed E-state index contributed by atoms with van der Waals surface area (Å²) in [7, 11) is 0. The second-order valence-electron chi connectivity index (χ2n) is 6.93. The summed E-state index contributed by atoms with van der Waals surface area (Å²) in [5.74, 6) is 4.46. The molecule has 2 fully saturated rings. The third-order valence-electron chi connectivity index (χ3n) is 4.96. The van der Waals surface area contributed by atoms with Crippen LogP contribution >= 0.6 is 11.8 Å². The highest BCUT2D eigenvalue weighted by atomic mass is 32.2. The quantitative estimate of drug-likeness (QED) is 0.761. The van der Waals surface area contributed by atoms with Crippen LogP contribution in [0, 0.1) is 17.8 Å². The fourth-order valence-electron chi connectivity index (χ4n) is 3.85. The van der Waals surface area contributed by atoms with Gasteiger partial charge in [-0.3, -0.25) is 0 Å². The Bertz CT molecular complexity index is 443. The normalized spacial score (nSPS) is 28.4. The lowest BCUT2D eigenvalue weighted by Gasteiger charge is -2.21. The molecular formula is C18H27NS. The highest BCUT2D eigenvalue weighted by molar-refractivity contribution is 7.99. The molecule has 1 aromatic carbocycles. The monoisotopic (exact) mass is 289 g/mol. The predicted octanol–water partition coefficient (Wildman–Crippen LogP) is 4.71. The number of nitrogens with one attached hydrogen (secondary N) is 1. The van der Waals surface area contributed by atoms with Crippen LogP contribution in [0.2, 0.25) is 0 Å². The smallest absolute Gasteiger partial charge is 0.0208 e. The van der Waals surface area contributed by atoms with Crippen LogP contribution in [0.5, 0.6) is 0 Å². The van der Waals surface area contributed by atoms with Gasteiger partial charge in [0, 0.05) is 23.2 Å². The minimum absolute atomic E-state index is 0.556. The Labute approximate surface area is 127 Å². The molecule has 2 aliphatic rings. The zero-order valence-electron chi connectivity index (χ0n) is 12.8. The maximum Gasteiger partial charge on any atom is 0.0208 e. The maximum absolute atomic E-state index is 3.50. The highest BCUT2D eigenvalue weighted by Gasteiger charge is 2.39. The summed E-state index contributed by atoms with van der Waals surface area (Å²) in [6.07, 6.45) is 6.06. The molecule has 2 aliphatic carbocycles. The lowest BCUT2D eigenvalue weighted by Crippen LogP contribution is -2.21. The largest absolute Gasteiger partial charge is 0.310 e. The molecule has 110 valence electrons. The van der Waals surface area contributed by atoms with Gasteiger partial charge in [0.05, 0.1) is 0 Å². The molecule has 1 N–H and O–H groups in total. The number of rotatable bonds is 6. The van der Waals surface area contributed by atoms with Gasteiger partial charge in [-0.05, 0) is 54.7 Å². The molecule has 2 saturated carbocycles. The molecule has 3 rings (SSSR count). The first kappa shape index (κ1) is 14.5. The van der Waals surface area contributed by atoms with Crippen LogP contribution in [0.3, 0.4) is 0 Å². The molecule has 2 bridgehead atoms. The maximum atomic E-state index is 3.50. The van der Waals surface area contributed by atoms with Crippen LogP contribution in [0.15, 0.2) is 29.2 Å². The van der Waals surface area contributed by atoms with Crippen LogP contribution in [-0.4, -0.2) is 11.8 Å². The van der Waals surface area contributed by atoms with Gasteiger partial charge in [0.1, 0.15) is 0 Å². The van der Waals surface area contributed by atoms with Crippen LogP contribution in [0.1, 0.15) is 45.1 Å². The van der Waals surface area contributed by atoms with Gasteiger partial charge < -0.3 is 5.32 Å². The average Bonchev–Trinajstić information content (AvgIpc) is 3.06. The van der Waals surface area contributed by atoms with Crippen molar-refractivity contribution in [1.29, 1.82) is 0 Å². The Morgan fingerprint density at radius 1 is 1.25 bits per heavy atom. The van der Waals surface area contributed by atoms with Gasteiger partial charge in [0.2, 0.25) is 0 Å². The second-order valence-corrected chi connectivity index (χ2v) is 8.02. The van der Waals surface area contributed by atoms with E-state index in [-0.39, 0.29) is 0 Å². The first-order valence-corrected chi connectivity index (χ1v) is 9.14. The van der Waals surface area contributed by atoms with Crippen molar-refractivity contribution in [2.24, 2.45) is 17.8 Å². The van der Waals surface area contributed by atoms with Crippen LogP contribution in [-0.2, 0) is 6.54 Å². The molecular weight excluding hydrogens is 262 g/mol. The van der Waals surface area contributed by atoms with Gasteiger partial charge in [-0.15, -0.1) is 11.8 Å². The number of fused-ring (bicyclic) bond motifs is 2. The fraction of sp³-hybridized carbons (Fsp3) is 0.667. The van der Waals surface area contributed by atoms with Crippen LogP contribution < -0.4 is 5.32 Å². The average molecular weight is 289 g/mol. The molecule has 0 radical (unpaired) electrons. The number of thioether (sulfide) groups is 1. The lowest BCUT2D eigenvalue weighted by atomic mass is 9.90. The molecule has 0 aliphatic heterocycles. The van der Waals surface area contributed by atoms with E-state index < -0.39 is 0 Å². The number of benzene rings is 1. The van der Waals surface area contributed by atoms with E-state index in [4.69, 9.17) is 0 Å². The van der Waals surface area contributed by atoms with Crippen molar-refractivity contribution in [3.05, 3.63) is 29.8 Å². The van der Waals surface area contributed by atoms with Crippen molar-refractivity contribution in [2.75, 3.05) is 5.75 Å². The zero-order valence-corrected chi connectivity index (χ0v) is 13.6.